The standard InChI is InChI=1S/C6H16N2.CHO2.Ag/c1-3-8(4-2)6-5-7;2-1-3;/h3-7H2,1-2H3;(H,2,3);/q;-1;+1. The molecule has 0 aliphatic carbocycles. The first-order valence-electron chi connectivity index (χ1n) is 3.70. The molecule has 0 radical (unpaired) electrons. The van der Waals surface area contributed by atoms with E-state index in [2.05, 4.69) is 18.7 Å². The molecule has 0 bridgehead atoms. The average molecular weight is 269 g/mol. The Hall–Kier alpha value is 0.130. The molecule has 0 aromatic heterocycles. The normalized spacial score (nSPS) is 8.00. The van der Waals surface area contributed by atoms with Crippen molar-refractivity contribution in [3.63, 3.8) is 0 Å². The zero-order chi connectivity index (χ0) is 9.11. The Morgan fingerprint density at radius 1 is 1.42 bits per heavy atom. The Balaban J connectivity index is -0.000000177. The molecule has 0 unspecified atom stereocenters. The van der Waals surface area contributed by atoms with E-state index < -0.39 is 0 Å². The predicted octanol–water partition coefficient (Wildman–Crippen LogP) is -0.104. The smallest absolute Gasteiger partial charge is 0.665 e. The van der Waals surface area contributed by atoms with Gasteiger partial charge in [0, 0.05) is 13.1 Å². The molecular weight excluding hydrogens is 252 g/mol. The number of nitrogens with two attached hydrogens (primary N) is 1. The van der Waals surface area contributed by atoms with E-state index in [-0.39, 0.29) is 22.4 Å². The van der Waals surface area contributed by atoms with Crippen LogP contribution in [-0.2, 0) is 27.2 Å². The van der Waals surface area contributed by atoms with Crippen LogP contribution in [0, 0.1) is 0 Å². The predicted molar refractivity (Wildman–Crippen MR) is 45.2 cm³/mol. The van der Waals surface area contributed by atoms with Gasteiger partial charge in [-0.25, -0.2) is 0 Å². The van der Waals surface area contributed by atoms with E-state index in [1.165, 1.54) is 0 Å². The fourth-order valence-electron chi connectivity index (χ4n) is 0.722. The summed E-state index contributed by atoms with van der Waals surface area (Å²) in [6, 6.07) is 0. The Morgan fingerprint density at radius 3 is 1.83 bits per heavy atom. The van der Waals surface area contributed by atoms with E-state index in [1.807, 2.05) is 0 Å². The largest absolute Gasteiger partial charge is 1.00 e. The summed E-state index contributed by atoms with van der Waals surface area (Å²) in [6.45, 7) is 8.86. The van der Waals surface area contributed by atoms with Crippen molar-refractivity contribution in [2.24, 2.45) is 5.73 Å². The Kier molecular flexibility index (Phi) is 26.0. The SMILES string of the molecule is CCN(CC)CCN.O=[C-]O.[Ag+]. The molecule has 0 fully saturated rings. The molecule has 5 heteroatoms. The molecular formula is C7H17AgN2O2. The number of aliphatic hydroxyl groups excluding tert-OH is 1. The minimum Gasteiger partial charge on any atom is -0.665 e. The third-order valence-electron chi connectivity index (χ3n) is 1.34. The molecule has 4 nitrogen and oxygen atoms in total. The van der Waals surface area contributed by atoms with Crippen molar-refractivity contribution in [1.82, 2.24) is 4.90 Å². The molecule has 12 heavy (non-hydrogen) atoms. The molecule has 0 spiro atoms. The van der Waals surface area contributed by atoms with E-state index in [4.69, 9.17) is 15.6 Å². The van der Waals surface area contributed by atoms with Crippen molar-refractivity contribution < 1.29 is 32.3 Å². The molecule has 0 saturated heterocycles. The molecule has 0 rings (SSSR count). The maximum absolute atomic E-state index is 8.24. The van der Waals surface area contributed by atoms with Gasteiger partial charge in [0.2, 0.25) is 0 Å². The first kappa shape index (κ1) is 18.0. The number of likely N-dealkylation sites (N-methyl/N-ethyl adjacent to an activating group) is 1. The van der Waals surface area contributed by atoms with Gasteiger partial charge >= 0.3 is 22.4 Å². The minimum atomic E-state index is 0. The van der Waals surface area contributed by atoms with Crippen LogP contribution in [0.3, 0.4) is 0 Å². The van der Waals surface area contributed by atoms with E-state index >= 15 is 0 Å². The summed E-state index contributed by atoms with van der Waals surface area (Å²) in [5, 5.41) is 6.76. The van der Waals surface area contributed by atoms with Gasteiger partial charge in [0.1, 0.15) is 0 Å². The number of hydrogen-bond acceptors (Lipinski definition) is 3. The van der Waals surface area contributed by atoms with Gasteiger partial charge in [0.05, 0.1) is 0 Å². The fraction of sp³-hybridized carbons (Fsp3) is 0.857. The third-order valence-corrected chi connectivity index (χ3v) is 1.34. The molecule has 0 aliphatic rings. The molecule has 3 N–H and O–H groups in total. The number of hydrogen-bond donors (Lipinski definition) is 2. The first-order chi connectivity index (χ1) is 5.26. The fourth-order valence-corrected chi connectivity index (χ4v) is 0.722. The van der Waals surface area contributed by atoms with E-state index in [0.29, 0.717) is 6.47 Å². The summed E-state index contributed by atoms with van der Waals surface area (Å²) in [4.78, 5) is 10.5. The molecule has 78 valence electrons. The quantitative estimate of drug-likeness (QED) is 0.552. The van der Waals surface area contributed by atoms with Gasteiger partial charge in [-0.05, 0) is 13.1 Å². The topological polar surface area (TPSA) is 66.6 Å². The van der Waals surface area contributed by atoms with Crippen LogP contribution in [0.1, 0.15) is 13.8 Å². The summed E-state index contributed by atoms with van der Waals surface area (Å²) in [5.74, 6) is 0. The molecule has 0 aliphatic heterocycles. The Bertz CT molecular complexity index is 79.8. The number of nitrogens with zero attached hydrogens (tertiary/aromatic N) is 1. The van der Waals surface area contributed by atoms with Crippen LogP contribution in [-0.4, -0.2) is 42.7 Å². The summed E-state index contributed by atoms with van der Waals surface area (Å²) >= 11 is 0. The summed E-state index contributed by atoms with van der Waals surface area (Å²) in [7, 11) is 0. The van der Waals surface area contributed by atoms with Gasteiger partial charge in [-0.15, -0.1) is 0 Å². The zero-order valence-electron chi connectivity index (χ0n) is 7.51. The van der Waals surface area contributed by atoms with Crippen molar-refractivity contribution in [2.75, 3.05) is 26.2 Å². The van der Waals surface area contributed by atoms with Crippen LogP contribution in [0.25, 0.3) is 0 Å². The zero-order valence-corrected chi connectivity index (χ0v) is 8.99. The molecule has 0 amide bonds. The van der Waals surface area contributed by atoms with Crippen LogP contribution in [0.15, 0.2) is 0 Å². The maximum atomic E-state index is 8.24. The summed E-state index contributed by atoms with van der Waals surface area (Å²) in [6.07, 6.45) is 0. The molecule has 0 saturated carbocycles. The molecule has 0 heterocycles. The maximum Gasteiger partial charge on any atom is 1.00 e. The van der Waals surface area contributed by atoms with Crippen LogP contribution in [0.5, 0.6) is 0 Å². The minimum absolute atomic E-state index is 0. The van der Waals surface area contributed by atoms with Gasteiger partial charge in [0.15, 0.2) is 0 Å². The molecule has 0 atom stereocenters. The van der Waals surface area contributed by atoms with E-state index in [9.17, 15) is 0 Å². The van der Waals surface area contributed by atoms with Crippen LogP contribution in [0.4, 0.5) is 0 Å². The van der Waals surface area contributed by atoms with Crippen molar-refractivity contribution in [3.8, 4) is 0 Å². The second-order valence-electron chi connectivity index (χ2n) is 1.91. The second kappa shape index (κ2) is 17.3. The Labute approximate surface area is 89.6 Å². The van der Waals surface area contributed by atoms with Crippen molar-refractivity contribution in [3.05, 3.63) is 0 Å². The van der Waals surface area contributed by atoms with Gasteiger partial charge in [0.25, 0.3) is 0 Å². The third kappa shape index (κ3) is 16.6. The molecule has 0 aromatic carbocycles. The number of rotatable bonds is 4. The van der Waals surface area contributed by atoms with Crippen LogP contribution < -0.4 is 5.73 Å². The van der Waals surface area contributed by atoms with E-state index in [0.717, 1.165) is 26.2 Å². The van der Waals surface area contributed by atoms with Crippen LogP contribution >= 0.6 is 0 Å². The van der Waals surface area contributed by atoms with Gasteiger partial charge in [-0.2, -0.15) is 0 Å². The molecule has 0 aromatic rings. The summed E-state index contributed by atoms with van der Waals surface area (Å²) < 4.78 is 0. The van der Waals surface area contributed by atoms with Crippen molar-refractivity contribution in [2.45, 2.75) is 13.8 Å². The average Bonchev–Trinajstić information content (AvgIpc) is 2.02. The summed E-state index contributed by atoms with van der Waals surface area (Å²) in [5.41, 5.74) is 5.34. The Morgan fingerprint density at radius 2 is 1.75 bits per heavy atom. The first-order valence-corrected chi connectivity index (χ1v) is 3.70. The second-order valence-corrected chi connectivity index (χ2v) is 1.91. The van der Waals surface area contributed by atoms with Crippen molar-refractivity contribution >= 4 is 6.47 Å². The van der Waals surface area contributed by atoms with Gasteiger partial charge in [-0.3, -0.25) is 0 Å². The monoisotopic (exact) mass is 268 g/mol. The van der Waals surface area contributed by atoms with Crippen LogP contribution in [0.2, 0.25) is 0 Å². The van der Waals surface area contributed by atoms with Gasteiger partial charge < -0.3 is 20.5 Å². The van der Waals surface area contributed by atoms with Crippen molar-refractivity contribution in [1.29, 1.82) is 0 Å². The van der Waals surface area contributed by atoms with E-state index in [1.54, 1.807) is 0 Å². The van der Waals surface area contributed by atoms with Gasteiger partial charge in [-0.1, -0.05) is 20.3 Å².